The number of aliphatic hydroxyl groups excluding tert-OH is 1. The average molecular weight is 341 g/mol. The molecule has 0 bridgehead atoms. The molecule has 0 radical (unpaired) electrons. The monoisotopic (exact) mass is 340 g/mol. The van der Waals surface area contributed by atoms with Crippen LogP contribution in [0.5, 0.6) is 5.75 Å². The van der Waals surface area contributed by atoms with E-state index in [0.29, 0.717) is 11.6 Å². The lowest BCUT2D eigenvalue weighted by molar-refractivity contribution is 0.192. The summed E-state index contributed by atoms with van der Waals surface area (Å²) in [4.78, 5) is 0. The zero-order valence-electron chi connectivity index (χ0n) is 8.97. The van der Waals surface area contributed by atoms with E-state index in [9.17, 15) is 5.11 Å². The highest BCUT2D eigenvalue weighted by Gasteiger charge is 2.16. The highest BCUT2D eigenvalue weighted by molar-refractivity contribution is 14.1. The molecule has 0 fully saturated rings. The summed E-state index contributed by atoms with van der Waals surface area (Å²) < 4.78 is 6.51. The molecule has 4 heteroatoms. The number of rotatable bonds is 3. The van der Waals surface area contributed by atoms with Crippen molar-refractivity contribution in [3.05, 3.63) is 25.8 Å². The quantitative estimate of drug-likeness (QED) is 0.850. The Bertz CT molecular complexity index is 364. The van der Waals surface area contributed by atoms with Crippen molar-refractivity contribution < 1.29 is 9.84 Å². The summed E-state index contributed by atoms with van der Waals surface area (Å²) in [6.45, 7) is 6.15. The van der Waals surface area contributed by atoms with Gasteiger partial charge >= 0.3 is 0 Å². The first-order valence-electron chi connectivity index (χ1n) is 4.78. The van der Waals surface area contributed by atoms with E-state index >= 15 is 0 Å². The number of benzene rings is 1. The van der Waals surface area contributed by atoms with Crippen molar-refractivity contribution in [2.45, 2.75) is 26.9 Å². The largest absolute Gasteiger partial charge is 0.492 e. The molecule has 1 rings (SSSR count). The lowest BCUT2D eigenvalue weighted by Crippen LogP contribution is -2.03. The molecule has 0 spiro atoms. The van der Waals surface area contributed by atoms with Crippen molar-refractivity contribution >= 4 is 34.2 Å². The van der Waals surface area contributed by atoms with Crippen molar-refractivity contribution in [3.63, 3.8) is 0 Å². The van der Waals surface area contributed by atoms with Gasteiger partial charge in [-0.3, -0.25) is 0 Å². The Hall–Kier alpha value is -0.000000000000000111. The van der Waals surface area contributed by atoms with E-state index < -0.39 is 6.10 Å². The predicted octanol–water partition coefficient (Wildman–Crippen LogP) is 3.71. The van der Waals surface area contributed by atoms with E-state index in [4.69, 9.17) is 16.3 Å². The first-order chi connectivity index (χ1) is 6.99. The molecule has 1 aromatic carbocycles. The average Bonchev–Trinajstić information content (AvgIpc) is 2.18. The first kappa shape index (κ1) is 13.1. The fraction of sp³-hybridized carbons (Fsp3) is 0.455. The summed E-state index contributed by atoms with van der Waals surface area (Å²) in [7, 11) is 0. The van der Waals surface area contributed by atoms with Gasteiger partial charge in [-0.05, 0) is 55.0 Å². The number of halogens is 2. The van der Waals surface area contributed by atoms with Gasteiger partial charge in [0.2, 0.25) is 0 Å². The van der Waals surface area contributed by atoms with Gasteiger partial charge in [0.25, 0.3) is 0 Å². The van der Waals surface area contributed by atoms with Crippen LogP contribution in [0.2, 0.25) is 5.02 Å². The van der Waals surface area contributed by atoms with Crippen molar-refractivity contribution in [1.29, 1.82) is 0 Å². The molecule has 1 atom stereocenters. The molecule has 0 saturated carbocycles. The highest BCUT2D eigenvalue weighted by Crippen LogP contribution is 2.36. The van der Waals surface area contributed by atoms with Crippen LogP contribution < -0.4 is 4.74 Å². The van der Waals surface area contributed by atoms with E-state index in [0.717, 1.165) is 20.4 Å². The zero-order valence-corrected chi connectivity index (χ0v) is 11.9. The Morgan fingerprint density at radius 2 is 2.20 bits per heavy atom. The van der Waals surface area contributed by atoms with E-state index in [2.05, 4.69) is 22.6 Å². The van der Waals surface area contributed by atoms with E-state index in [1.54, 1.807) is 13.0 Å². The Balaban J connectivity index is 3.36. The van der Waals surface area contributed by atoms with Crippen molar-refractivity contribution in [2.75, 3.05) is 6.61 Å². The fourth-order valence-corrected chi connectivity index (χ4v) is 2.44. The normalized spacial score (nSPS) is 12.7. The maximum absolute atomic E-state index is 9.63. The van der Waals surface area contributed by atoms with Crippen LogP contribution in [0.3, 0.4) is 0 Å². The van der Waals surface area contributed by atoms with Crippen molar-refractivity contribution in [1.82, 2.24) is 0 Å². The number of hydrogen-bond acceptors (Lipinski definition) is 2. The van der Waals surface area contributed by atoms with Gasteiger partial charge in [0.15, 0.2) is 0 Å². The molecule has 0 aliphatic rings. The fourth-order valence-electron chi connectivity index (χ4n) is 1.31. The number of hydrogen-bond donors (Lipinski definition) is 1. The van der Waals surface area contributed by atoms with Crippen LogP contribution >= 0.6 is 34.2 Å². The van der Waals surface area contributed by atoms with Crippen LogP contribution in [0.15, 0.2) is 6.07 Å². The molecule has 0 aromatic heterocycles. The lowest BCUT2D eigenvalue weighted by atomic mass is 10.1. The molecule has 1 aromatic rings. The molecule has 0 aliphatic carbocycles. The summed E-state index contributed by atoms with van der Waals surface area (Å²) in [5.74, 6) is 0.745. The third kappa shape index (κ3) is 2.77. The molecule has 0 saturated heterocycles. The number of aliphatic hydroxyl groups is 1. The van der Waals surface area contributed by atoms with Gasteiger partial charge in [0.05, 0.1) is 16.3 Å². The molecular weight excluding hydrogens is 326 g/mol. The van der Waals surface area contributed by atoms with Gasteiger partial charge in [0, 0.05) is 10.6 Å². The van der Waals surface area contributed by atoms with Gasteiger partial charge < -0.3 is 9.84 Å². The maximum atomic E-state index is 9.63. The molecule has 84 valence electrons. The van der Waals surface area contributed by atoms with Crippen LogP contribution in [0, 0.1) is 10.5 Å². The Morgan fingerprint density at radius 1 is 1.60 bits per heavy atom. The van der Waals surface area contributed by atoms with Gasteiger partial charge in [-0.15, -0.1) is 0 Å². The molecule has 0 amide bonds. The van der Waals surface area contributed by atoms with Gasteiger partial charge in [-0.1, -0.05) is 11.6 Å². The Morgan fingerprint density at radius 3 is 2.67 bits per heavy atom. The summed E-state index contributed by atoms with van der Waals surface area (Å²) in [5, 5.41) is 10.3. The minimum atomic E-state index is -0.571. The smallest absolute Gasteiger partial charge is 0.138 e. The molecule has 15 heavy (non-hydrogen) atoms. The number of ether oxygens (including phenoxy) is 1. The third-order valence-corrected chi connectivity index (χ3v) is 3.86. The highest BCUT2D eigenvalue weighted by atomic mass is 127. The van der Waals surface area contributed by atoms with E-state index in [1.807, 2.05) is 13.8 Å². The lowest BCUT2D eigenvalue weighted by Gasteiger charge is -2.16. The first-order valence-corrected chi connectivity index (χ1v) is 6.24. The van der Waals surface area contributed by atoms with Gasteiger partial charge in [-0.2, -0.15) is 0 Å². The Labute approximate surface area is 109 Å². The molecule has 0 aliphatic heterocycles. The van der Waals surface area contributed by atoms with E-state index in [1.165, 1.54) is 0 Å². The van der Waals surface area contributed by atoms with Crippen molar-refractivity contribution in [3.8, 4) is 5.75 Å². The molecule has 1 N–H and O–H groups in total. The predicted molar refractivity (Wildman–Crippen MR) is 70.7 cm³/mol. The van der Waals surface area contributed by atoms with Crippen LogP contribution in [0.1, 0.15) is 31.1 Å². The molecule has 2 nitrogen and oxygen atoms in total. The van der Waals surface area contributed by atoms with Crippen LogP contribution in [0.25, 0.3) is 0 Å². The minimum Gasteiger partial charge on any atom is -0.492 e. The standard InChI is InChI=1S/C11H14ClIO2/c1-4-15-11-8(7(3)14)5-9(12)6(2)10(11)13/h5,7,14H,4H2,1-3H3. The second kappa shape index (κ2) is 5.37. The SMILES string of the molecule is CCOc1c(C(C)O)cc(Cl)c(C)c1I. The molecular formula is C11H14ClIO2. The van der Waals surface area contributed by atoms with Gasteiger partial charge in [-0.25, -0.2) is 0 Å². The van der Waals surface area contributed by atoms with E-state index in [-0.39, 0.29) is 0 Å². The minimum absolute atomic E-state index is 0.571. The zero-order chi connectivity index (χ0) is 11.6. The second-order valence-electron chi connectivity index (χ2n) is 3.32. The summed E-state index contributed by atoms with van der Waals surface area (Å²) in [6, 6.07) is 1.77. The summed E-state index contributed by atoms with van der Waals surface area (Å²) >= 11 is 8.26. The van der Waals surface area contributed by atoms with Crippen LogP contribution in [-0.4, -0.2) is 11.7 Å². The second-order valence-corrected chi connectivity index (χ2v) is 4.81. The summed E-state index contributed by atoms with van der Waals surface area (Å²) in [5.41, 5.74) is 1.74. The maximum Gasteiger partial charge on any atom is 0.138 e. The summed E-state index contributed by atoms with van der Waals surface area (Å²) in [6.07, 6.45) is -0.571. The van der Waals surface area contributed by atoms with Crippen LogP contribution in [-0.2, 0) is 0 Å². The Kier molecular flexibility index (Phi) is 4.67. The van der Waals surface area contributed by atoms with Gasteiger partial charge in [0.1, 0.15) is 5.75 Å². The molecule has 0 heterocycles. The topological polar surface area (TPSA) is 29.5 Å². The van der Waals surface area contributed by atoms with Crippen molar-refractivity contribution in [2.24, 2.45) is 0 Å². The molecule has 1 unspecified atom stereocenters. The van der Waals surface area contributed by atoms with Crippen LogP contribution in [0.4, 0.5) is 0 Å². The third-order valence-electron chi connectivity index (χ3n) is 2.17.